The van der Waals surface area contributed by atoms with Crippen molar-refractivity contribution in [2.75, 3.05) is 14.2 Å². The lowest BCUT2D eigenvalue weighted by molar-refractivity contribution is 0.144. The number of nitrogens with zero attached hydrogens (tertiary/aromatic N) is 2. The average molecular weight is 432 g/mol. The number of rotatable bonds is 7. The van der Waals surface area contributed by atoms with Gasteiger partial charge in [0.2, 0.25) is 0 Å². The summed E-state index contributed by atoms with van der Waals surface area (Å²) >= 11 is 0. The zero-order valence-electron chi connectivity index (χ0n) is 17.3. The Hall–Kier alpha value is -4.28. The van der Waals surface area contributed by atoms with Gasteiger partial charge in [-0.2, -0.15) is 0 Å². The van der Waals surface area contributed by atoms with E-state index in [2.05, 4.69) is 20.9 Å². The van der Waals surface area contributed by atoms with Crippen LogP contribution < -0.4 is 11.0 Å². The van der Waals surface area contributed by atoms with Crippen molar-refractivity contribution >= 4 is 11.7 Å². The lowest BCUT2D eigenvalue weighted by Gasteiger charge is -2.06. The smallest absolute Gasteiger partial charge is 0.170 e. The van der Waals surface area contributed by atoms with E-state index in [0.717, 1.165) is 0 Å². The van der Waals surface area contributed by atoms with Gasteiger partial charge in [0, 0.05) is 23.5 Å². The Kier molecular flexibility index (Phi) is 6.06. The van der Waals surface area contributed by atoms with Crippen LogP contribution in [0.5, 0.6) is 0 Å². The molecule has 0 aliphatic rings. The normalized spacial score (nSPS) is 10.7. The van der Waals surface area contributed by atoms with Crippen LogP contribution in [-0.2, 0) is 9.68 Å². The summed E-state index contributed by atoms with van der Waals surface area (Å²) in [6.45, 7) is 0. The van der Waals surface area contributed by atoms with Crippen molar-refractivity contribution in [3.05, 3.63) is 72.1 Å². The molecule has 4 aromatic rings. The number of hydrogen-bond acceptors (Lipinski definition) is 8. The highest BCUT2D eigenvalue weighted by molar-refractivity contribution is 5.96. The zero-order chi connectivity index (χ0) is 22.5. The van der Waals surface area contributed by atoms with Crippen LogP contribution in [-0.4, -0.2) is 35.9 Å². The number of amidine groups is 2. The average Bonchev–Trinajstić information content (AvgIpc) is 3.50. The minimum atomic E-state index is 0.113. The third-order valence-corrected chi connectivity index (χ3v) is 4.47. The van der Waals surface area contributed by atoms with E-state index in [-0.39, 0.29) is 11.7 Å². The van der Waals surface area contributed by atoms with Crippen LogP contribution in [0, 0.1) is 10.8 Å². The predicted octanol–water partition coefficient (Wildman–Crippen LogP) is 3.62. The highest BCUT2D eigenvalue weighted by atomic mass is 16.6. The molecule has 0 atom stereocenters. The Morgan fingerprint density at radius 2 is 1.09 bits per heavy atom. The maximum absolute atomic E-state index is 7.94. The van der Waals surface area contributed by atoms with Crippen LogP contribution in [0.15, 0.2) is 69.8 Å². The maximum atomic E-state index is 7.94. The van der Waals surface area contributed by atoms with E-state index in [4.69, 9.17) is 29.3 Å². The number of furan rings is 2. The second-order valence-electron chi connectivity index (χ2n) is 6.55. The molecule has 0 aromatic carbocycles. The highest BCUT2D eigenvalue weighted by Crippen LogP contribution is 2.31. The molecule has 0 saturated carbocycles. The number of nitrogens with one attached hydrogen (secondary N) is 4. The minimum Gasteiger partial charge on any atom is -0.451 e. The molecular weight excluding hydrogens is 412 g/mol. The van der Waals surface area contributed by atoms with Gasteiger partial charge in [0.25, 0.3) is 0 Å². The summed E-state index contributed by atoms with van der Waals surface area (Å²) in [5.74, 6) is 2.33. The number of hydrogen-bond donors (Lipinski definition) is 4. The fourth-order valence-electron chi connectivity index (χ4n) is 2.98. The van der Waals surface area contributed by atoms with Gasteiger partial charge in [-0.1, -0.05) is 0 Å². The van der Waals surface area contributed by atoms with Crippen molar-refractivity contribution in [3.63, 3.8) is 0 Å². The highest BCUT2D eigenvalue weighted by Gasteiger charge is 2.14. The molecule has 0 radical (unpaired) electrons. The monoisotopic (exact) mass is 432 g/mol. The van der Waals surface area contributed by atoms with E-state index in [1.807, 2.05) is 0 Å². The van der Waals surface area contributed by atoms with Crippen LogP contribution in [0.1, 0.15) is 11.1 Å². The summed E-state index contributed by atoms with van der Waals surface area (Å²) in [5, 5.41) is 15.9. The van der Waals surface area contributed by atoms with E-state index in [0.29, 0.717) is 45.6 Å². The molecule has 32 heavy (non-hydrogen) atoms. The van der Waals surface area contributed by atoms with E-state index in [9.17, 15) is 0 Å². The largest absolute Gasteiger partial charge is 0.451 e. The molecular formula is C22H20N6O4. The van der Waals surface area contributed by atoms with Gasteiger partial charge < -0.3 is 8.83 Å². The maximum Gasteiger partial charge on any atom is 0.170 e. The Balaban J connectivity index is 1.57. The third kappa shape index (κ3) is 4.41. The molecule has 4 N–H and O–H groups in total. The topological polar surface area (TPSA) is 142 Å². The molecule has 0 amide bonds. The van der Waals surface area contributed by atoms with Crippen LogP contribution in [0.25, 0.3) is 34.4 Å². The van der Waals surface area contributed by atoms with Gasteiger partial charge in [-0.25, -0.2) is 11.0 Å². The number of aromatic nitrogens is 2. The van der Waals surface area contributed by atoms with Crippen molar-refractivity contribution in [2.45, 2.75) is 0 Å². The molecule has 0 spiro atoms. The van der Waals surface area contributed by atoms with E-state index < -0.39 is 0 Å². The van der Waals surface area contributed by atoms with E-state index >= 15 is 0 Å². The molecule has 10 nitrogen and oxygen atoms in total. The Labute approximate surface area is 183 Å². The first-order valence-corrected chi connectivity index (χ1v) is 9.47. The van der Waals surface area contributed by atoms with Crippen molar-refractivity contribution < 1.29 is 18.5 Å². The second kappa shape index (κ2) is 9.25. The number of pyridine rings is 2. The standard InChI is InChI=1S/C22H20N6O4/c1-29-27-21(23)13-7-9-25-15(11-13)17-3-5-19(31-17)20-6-4-18(32-20)16-12-14(8-10-26-16)22(24)28-30-2/h3-12H,1-2H3,(H2,23,27)(H2,24,28). The van der Waals surface area contributed by atoms with Crippen molar-refractivity contribution in [3.8, 4) is 34.4 Å². The first kappa shape index (κ1) is 21.0. The van der Waals surface area contributed by atoms with Gasteiger partial charge in [0.1, 0.15) is 23.1 Å². The molecule has 162 valence electrons. The van der Waals surface area contributed by atoms with Gasteiger partial charge in [0.15, 0.2) is 23.0 Å². The second-order valence-corrected chi connectivity index (χ2v) is 6.55. The molecule has 4 heterocycles. The first-order valence-electron chi connectivity index (χ1n) is 9.47. The molecule has 0 bridgehead atoms. The van der Waals surface area contributed by atoms with Crippen LogP contribution >= 0.6 is 0 Å². The van der Waals surface area contributed by atoms with Crippen molar-refractivity contribution in [1.29, 1.82) is 10.8 Å². The summed E-state index contributed by atoms with van der Waals surface area (Å²) in [5.41, 5.74) is 7.33. The summed E-state index contributed by atoms with van der Waals surface area (Å²) in [6, 6.07) is 14.0. The number of hydroxylamine groups is 2. The third-order valence-electron chi connectivity index (χ3n) is 4.47. The fourth-order valence-corrected chi connectivity index (χ4v) is 2.98. The van der Waals surface area contributed by atoms with Crippen molar-refractivity contribution in [1.82, 2.24) is 20.9 Å². The fraction of sp³-hybridized carbons (Fsp3) is 0.0909. The summed E-state index contributed by atoms with van der Waals surface area (Å²) in [4.78, 5) is 18.2. The lowest BCUT2D eigenvalue weighted by Crippen LogP contribution is -2.21. The molecule has 10 heteroatoms. The molecule has 0 aliphatic heterocycles. The molecule has 0 aliphatic carbocycles. The van der Waals surface area contributed by atoms with Crippen molar-refractivity contribution in [2.24, 2.45) is 0 Å². The molecule has 0 fully saturated rings. The first-order chi connectivity index (χ1) is 15.6. The quantitative estimate of drug-likeness (QED) is 0.197. The van der Waals surface area contributed by atoms with Crippen LogP contribution in [0.3, 0.4) is 0 Å². The Morgan fingerprint density at radius 3 is 1.50 bits per heavy atom. The van der Waals surface area contributed by atoms with E-state index in [1.165, 1.54) is 14.2 Å². The SMILES string of the molecule is CONC(=N)c1ccnc(-c2ccc(-c3ccc(-c4cc(C(=N)NOC)ccn4)o3)o2)c1. The summed E-state index contributed by atoms with van der Waals surface area (Å²) in [7, 11) is 2.89. The molecule has 4 aromatic heterocycles. The lowest BCUT2D eigenvalue weighted by atomic mass is 10.2. The predicted molar refractivity (Wildman–Crippen MR) is 117 cm³/mol. The van der Waals surface area contributed by atoms with Crippen LogP contribution in [0.2, 0.25) is 0 Å². The van der Waals surface area contributed by atoms with E-state index in [1.54, 1.807) is 60.9 Å². The molecule has 4 rings (SSSR count). The van der Waals surface area contributed by atoms with Gasteiger partial charge in [-0.05, 0) is 48.5 Å². The molecule has 0 unspecified atom stereocenters. The Bertz CT molecular complexity index is 1160. The van der Waals surface area contributed by atoms with Gasteiger partial charge in [0.05, 0.1) is 14.2 Å². The van der Waals surface area contributed by atoms with Gasteiger partial charge >= 0.3 is 0 Å². The zero-order valence-corrected chi connectivity index (χ0v) is 17.3. The van der Waals surface area contributed by atoms with Gasteiger partial charge in [-0.3, -0.25) is 30.5 Å². The summed E-state index contributed by atoms with van der Waals surface area (Å²) in [6.07, 6.45) is 3.19. The van der Waals surface area contributed by atoms with Gasteiger partial charge in [-0.15, -0.1) is 0 Å². The van der Waals surface area contributed by atoms with Crippen LogP contribution in [0.4, 0.5) is 0 Å². The Morgan fingerprint density at radius 1 is 0.688 bits per heavy atom. The minimum absolute atomic E-state index is 0.113. The summed E-state index contributed by atoms with van der Waals surface area (Å²) < 4.78 is 11.9. The molecule has 0 saturated heterocycles.